The summed E-state index contributed by atoms with van der Waals surface area (Å²) in [6, 6.07) is 14.3. The van der Waals surface area contributed by atoms with Crippen molar-refractivity contribution in [2.45, 2.75) is 64.2 Å². The second-order valence-corrected chi connectivity index (χ2v) is 14.7. The number of nitrogens with zero attached hydrogens (tertiary/aromatic N) is 2. The largest absolute Gasteiger partial charge is 0.496 e. The number of likely N-dealkylation sites (tertiary alicyclic amines) is 1. The number of aromatic nitrogens is 1. The minimum atomic E-state index is -0.751. The summed E-state index contributed by atoms with van der Waals surface area (Å²) in [5.41, 5.74) is 8.40. The Balaban J connectivity index is 1.20. The number of amides is 1. The van der Waals surface area contributed by atoms with E-state index in [-0.39, 0.29) is 23.9 Å². The first-order valence-corrected chi connectivity index (χ1v) is 18.8. The molecule has 10 nitrogen and oxygen atoms in total. The molecule has 2 aliphatic heterocycles. The molecule has 2 aromatic carbocycles. The SMILES string of the molecule is C=C/C=C(\C(Cl)=C(/C)c1ccc(CNC[C@@H]2CCC(=O)N2)c(OC)n1)c1cccc2c1CC[C@@H]2Nc1cc(OC)c(CN2CC[C@@H](C(=O)O)C2)cc1Cl. The number of carbonyl (C=O) groups is 2. The summed E-state index contributed by atoms with van der Waals surface area (Å²) in [4.78, 5) is 30.0. The molecule has 4 N–H and O–H groups in total. The minimum Gasteiger partial charge on any atom is -0.496 e. The number of anilines is 1. The molecule has 53 heavy (non-hydrogen) atoms. The zero-order chi connectivity index (χ0) is 37.6. The van der Waals surface area contributed by atoms with Crippen LogP contribution in [0, 0.1) is 5.92 Å². The van der Waals surface area contributed by atoms with Crippen LogP contribution >= 0.6 is 23.2 Å². The highest BCUT2D eigenvalue weighted by molar-refractivity contribution is 6.40. The fourth-order valence-corrected chi connectivity index (χ4v) is 8.10. The Morgan fingerprint density at radius 3 is 2.66 bits per heavy atom. The number of pyridine rings is 1. The molecule has 3 aliphatic rings. The zero-order valence-electron chi connectivity index (χ0n) is 30.4. The fourth-order valence-electron chi connectivity index (χ4n) is 7.60. The van der Waals surface area contributed by atoms with Crippen molar-refractivity contribution in [3.05, 3.63) is 105 Å². The van der Waals surface area contributed by atoms with Gasteiger partial charge in [0.05, 0.1) is 47.6 Å². The van der Waals surface area contributed by atoms with Gasteiger partial charge >= 0.3 is 5.97 Å². The van der Waals surface area contributed by atoms with Crippen LogP contribution in [0.2, 0.25) is 5.02 Å². The van der Waals surface area contributed by atoms with Crippen molar-refractivity contribution < 1.29 is 24.2 Å². The van der Waals surface area contributed by atoms with E-state index in [9.17, 15) is 14.7 Å². The van der Waals surface area contributed by atoms with Gasteiger partial charge in [-0.2, -0.15) is 0 Å². The van der Waals surface area contributed by atoms with E-state index in [4.69, 9.17) is 37.7 Å². The van der Waals surface area contributed by atoms with Crippen molar-refractivity contribution in [2.75, 3.05) is 39.2 Å². The van der Waals surface area contributed by atoms with Gasteiger partial charge in [-0.25, -0.2) is 4.98 Å². The van der Waals surface area contributed by atoms with Crippen LogP contribution in [0.3, 0.4) is 0 Å². The Morgan fingerprint density at radius 2 is 1.96 bits per heavy atom. The third kappa shape index (κ3) is 8.73. The highest BCUT2D eigenvalue weighted by Gasteiger charge is 2.30. The summed E-state index contributed by atoms with van der Waals surface area (Å²) in [6.07, 6.45) is 7.44. The topological polar surface area (TPSA) is 125 Å². The second kappa shape index (κ2) is 17.2. The number of carboxylic acids is 1. The van der Waals surface area contributed by atoms with Crippen LogP contribution in [0.25, 0.3) is 11.1 Å². The second-order valence-electron chi connectivity index (χ2n) is 13.9. The minimum absolute atomic E-state index is 0.0127. The van der Waals surface area contributed by atoms with Gasteiger partial charge in [0.2, 0.25) is 11.8 Å². The summed E-state index contributed by atoms with van der Waals surface area (Å²) in [5.74, 6) is 0.228. The Kier molecular flexibility index (Phi) is 12.5. The molecule has 1 aromatic heterocycles. The lowest BCUT2D eigenvalue weighted by molar-refractivity contribution is -0.141. The van der Waals surface area contributed by atoms with Crippen molar-refractivity contribution in [1.82, 2.24) is 20.5 Å². The lowest BCUT2D eigenvalue weighted by Gasteiger charge is -2.21. The van der Waals surface area contributed by atoms with Crippen LogP contribution in [0.1, 0.15) is 72.2 Å². The third-order valence-corrected chi connectivity index (χ3v) is 11.2. The Labute approximate surface area is 321 Å². The lowest BCUT2D eigenvalue weighted by atomic mass is 9.93. The first-order valence-electron chi connectivity index (χ1n) is 18.0. The molecule has 0 saturated carbocycles. The number of benzene rings is 2. The molecule has 12 heteroatoms. The van der Waals surface area contributed by atoms with Gasteiger partial charge in [-0.3, -0.25) is 14.5 Å². The molecule has 3 atom stereocenters. The summed E-state index contributed by atoms with van der Waals surface area (Å²) in [7, 11) is 3.25. The summed E-state index contributed by atoms with van der Waals surface area (Å²) in [5, 5.41) is 20.6. The number of nitrogens with one attached hydrogen (secondary N) is 3. The molecule has 6 rings (SSSR count). The van der Waals surface area contributed by atoms with Crippen LogP contribution < -0.4 is 25.4 Å². The molecule has 3 heterocycles. The van der Waals surface area contributed by atoms with Crippen LogP contribution in [-0.2, 0) is 29.1 Å². The molecule has 2 fully saturated rings. The van der Waals surface area contributed by atoms with E-state index in [2.05, 4.69) is 45.6 Å². The Hall–Kier alpha value is -4.35. The van der Waals surface area contributed by atoms with Gasteiger partial charge in [0.15, 0.2) is 0 Å². The third-order valence-electron chi connectivity index (χ3n) is 10.4. The van der Waals surface area contributed by atoms with Crippen molar-refractivity contribution in [2.24, 2.45) is 5.92 Å². The van der Waals surface area contributed by atoms with Gasteiger partial charge in [0, 0.05) is 61.4 Å². The molecule has 0 bridgehead atoms. The number of hydrogen-bond acceptors (Lipinski definition) is 8. The number of rotatable bonds is 15. The predicted octanol–water partition coefficient (Wildman–Crippen LogP) is 7.37. The molecule has 0 radical (unpaired) electrons. The predicted molar refractivity (Wildman–Crippen MR) is 210 cm³/mol. The lowest BCUT2D eigenvalue weighted by Crippen LogP contribution is -2.35. The van der Waals surface area contributed by atoms with Gasteiger partial charge in [0.1, 0.15) is 5.75 Å². The average molecular weight is 761 g/mol. The van der Waals surface area contributed by atoms with Crippen molar-refractivity contribution in [1.29, 1.82) is 0 Å². The molecule has 280 valence electrons. The van der Waals surface area contributed by atoms with E-state index >= 15 is 0 Å². The number of hydrogen-bond donors (Lipinski definition) is 4. The first kappa shape index (κ1) is 38.4. The maximum absolute atomic E-state index is 11.5. The Morgan fingerprint density at radius 1 is 1.13 bits per heavy atom. The molecular formula is C41H47Cl2N5O5. The maximum atomic E-state index is 11.5. The van der Waals surface area contributed by atoms with E-state index in [1.165, 1.54) is 11.1 Å². The van der Waals surface area contributed by atoms with Gasteiger partial charge < -0.3 is 30.5 Å². The molecule has 2 saturated heterocycles. The normalized spacial score (nSPS) is 20.5. The highest BCUT2D eigenvalue weighted by Crippen LogP contribution is 2.43. The van der Waals surface area contributed by atoms with Gasteiger partial charge in [-0.1, -0.05) is 66.2 Å². The molecule has 1 aliphatic carbocycles. The van der Waals surface area contributed by atoms with Gasteiger partial charge in [0.25, 0.3) is 0 Å². The molecule has 3 aromatic rings. The smallest absolute Gasteiger partial charge is 0.307 e. The van der Waals surface area contributed by atoms with Crippen molar-refractivity contribution >= 4 is 51.9 Å². The van der Waals surface area contributed by atoms with Gasteiger partial charge in [-0.05, 0) is 73.5 Å². The number of allylic oxidation sites excluding steroid dienone is 5. The van der Waals surface area contributed by atoms with Crippen LogP contribution in [0.4, 0.5) is 5.69 Å². The summed E-state index contributed by atoms with van der Waals surface area (Å²) in [6.45, 7) is 8.99. The first-order chi connectivity index (χ1) is 25.6. The standard InChI is InChI=1S/C41H47Cl2N5O5/c1-5-7-32(39(43)24(2)34-13-10-25(40(47-34)53-4)20-44-21-28-11-15-38(49)45-28)29-8-6-9-31-30(29)12-14-35(31)46-36-19-37(52-3)27(18-33(36)42)23-48-17-16-26(22-48)41(50)51/h5-10,13,18-19,26,28,35,44,46H,1,11-12,14-17,20-23H2,2-4H3,(H,45,49)(H,50,51)/b32-7-,39-24-/t26-,28+,35+/m1/s1. The number of fused-ring (bicyclic) bond motifs is 1. The quantitative estimate of drug-likeness (QED) is 0.118. The van der Waals surface area contributed by atoms with E-state index < -0.39 is 5.97 Å². The summed E-state index contributed by atoms with van der Waals surface area (Å²) < 4.78 is 11.5. The van der Waals surface area contributed by atoms with Crippen molar-refractivity contribution in [3.63, 3.8) is 0 Å². The number of aliphatic carboxylic acids is 1. The molecule has 1 amide bonds. The van der Waals surface area contributed by atoms with E-state index in [1.54, 1.807) is 20.3 Å². The highest BCUT2D eigenvalue weighted by atomic mass is 35.5. The fraction of sp³-hybridized carbons (Fsp3) is 0.390. The number of methoxy groups -OCH3 is 2. The van der Waals surface area contributed by atoms with Crippen LogP contribution in [-0.4, -0.2) is 66.8 Å². The van der Waals surface area contributed by atoms with Crippen molar-refractivity contribution in [3.8, 4) is 11.6 Å². The average Bonchev–Trinajstić information content (AvgIpc) is 3.91. The monoisotopic (exact) mass is 759 g/mol. The zero-order valence-corrected chi connectivity index (χ0v) is 31.9. The molecular weight excluding hydrogens is 713 g/mol. The van der Waals surface area contributed by atoms with E-state index in [1.807, 2.05) is 37.3 Å². The molecule has 0 spiro atoms. The van der Waals surface area contributed by atoms with Gasteiger partial charge in [-0.15, -0.1) is 0 Å². The van der Waals surface area contributed by atoms with E-state index in [0.717, 1.165) is 59.3 Å². The number of ether oxygens (including phenoxy) is 2. The number of carbonyl (C=O) groups excluding carboxylic acids is 1. The van der Waals surface area contributed by atoms with Crippen LogP contribution in [0.5, 0.6) is 11.6 Å². The number of carboxylic acid groups (broad SMARTS) is 1. The van der Waals surface area contributed by atoms with Crippen LogP contribution in [0.15, 0.2) is 66.2 Å². The summed E-state index contributed by atoms with van der Waals surface area (Å²) >= 11 is 14.1. The maximum Gasteiger partial charge on any atom is 0.307 e. The van der Waals surface area contributed by atoms with E-state index in [0.29, 0.717) is 66.4 Å². The molecule has 0 unspecified atom stereocenters. The Bertz CT molecular complexity index is 1950. The number of halogens is 2.